The Hall–Kier alpha value is -1.79. The van der Waals surface area contributed by atoms with E-state index >= 15 is 0 Å². The van der Waals surface area contributed by atoms with Crippen LogP contribution in [0.1, 0.15) is 17.2 Å². The number of aromatic amines is 2. The zero-order valence-electron chi connectivity index (χ0n) is 9.11. The molecule has 1 aromatic carbocycles. The number of halogens is 1. The van der Waals surface area contributed by atoms with E-state index in [1.165, 1.54) is 12.5 Å². The molecular formula is C12H9BrN2O3. The number of hydrogen-bond donors (Lipinski definition) is 3. The van der Waals surface area contributed by atoms with Crippen LogP contribution >= 0.6 is 15.9 Å². The Labute approximate surface area is 110 Å². The maximum Gasteiger partial charge on any atom is 0.323 e. The van der Waals surface area contributed by atoms with Crippen LogP contribution in [0.25, 0.3) is 11.0 Å². The van der Waals surface area contributed by atoms with Crippen LogP contribution in [-0.2, 0) is 0 Å². The van der Waals surface area contributed by atoms with Crippen molar-refractivity contribution in [2.75, 3.05) is 0 Å². The topological polar surface area (TPSA) is 82.0 Å². The van der Waals surface area contributed by atoms with Crippen molar-refractivity contribution in [3.63, 3.8) is 0 Å². The highest BCUT2D eigenvalue weighted by atomic mass is 79.9. The lowest BCUT2D eigenvalue weighted by Crippen LogP contribution is -1.99. The molecule has 0 saturated carbocycles. The molecule has 92 valence electrons. The predicted molar refractivity (Wildman–Crippen MR) is 69.4 cm³/mol. The first-order chi connectivity index (χ1) is 8.65. The molecule has 0 aliphatic heterocycles. The molecular weight excluding hydrogens is 300 g/mol. The van der Waals surface area contributed by atoms with Crippen LogP contribution in [-0.4, -0.2) is 15.1 Å². The molecule has 3 rings (SSSR count). The van der Waals surface area contributed by atoms with Crippen molar-refractivity contribution in [1.82, 2.24) is 9.97 Å². The van der Waals surface area contributed by atoms with Gasteiger partial charge < -0.3 is 19.5 Å². The van der Waals surface area contributed by atoms with Crippen LogP contribution in [0, 0.1) is 0 Å². The van der Waals surface area contributed by atoms with Gasteiger partial charge in [0.05, 0.1) is 23.6 Å². The van der Waals surface area contributed by atoms with Crippen LogP contribution in [0.2, 0.25) is 0 Å². The highest BCUT2D eigenvalue weighted by molar-refractivity contribution is 9.10. The molecule has 18 heavy (non-hydrogen) atoms. The Morgan fingerprint density at radius 3 is 2.67 bits per heavy atom. The molecule has 0 saturated heterocycles. The van der Waals surface area contributed by atoms with Gasteiger partial charge in [-0.15, -0.1) is 0 Å². The molecule has 0 aliphatic rings. The molecule has 0 spiro atoms. The van der Waals surface area contributed by atoms with Gasteiger partial charge in [-0.1, -0.05) is 15.9 Å². The molecule has 6 heteroatoms. The van der Waals surface area contributed by atoms with E-state index in [9.17, 15) is 9.90 Å². The van der Waals surface area contributed by atoms with Crippen LogP contribution < -0.4 is 5.69 Å². The van der Waals surface area contributed by atoms with E-state index < -0.39 is 6.10 Å². The Morgan fingerprint density at radius 2 is 2.00 bits per heavy atom. The lowest BCUT2D eigenvalue weighted by atomic mass is 10.0. The first-order valence-electron chi connectivity index (χ1n) is 5.27. The Bertz CT molecular complexity index is 742. The summed E-state index contributed by atoms with van der Waals surface area (Å²) in [6.45, 7) is 0. The number of aliphatic hydroxyl groups excluding tert-OH is 1. The van der Waals surface area contributed by atoms with Gasteiger partial charge in [-0.05, 0) is 18.2 Å². The van der Waals surface area contributed by atoms with E-state index in [1.807, 2.05) is 0 Å². The summed E-state index contributed by atoms with van der Waals surface area (Å²) in [5.74, 6) is 0. The molecule has 0 fully saturated rings. The van der Waals surface area contributed by atoms with Gasteiger partial charge in [0.25, 0.3) is 0 Å². The standard InChI is InChI=1S/C12H9BrN2O3/c13-8-4-10-9(14-12(17)15-10)3-7(8)11(16)6-1-2-18-5-6/h1-5,11,16H,(H2,14,15,17). The van der Waals surface area contributed by atoms with Crippen molar-refractivity contribution in [3.8, 4) is 0 Å². The summed E-state index contributed by atoms with van der Waals surface area (Å²) >= 11 is 3.39. The SMILES string of the molecule is O=c1[nH]c2cc(Br)c(C(O)c3ccoc3)cc2[nH]1. The number of nitrogens with one attached hydrogen (secondary N) is 2. The highest BCUT2D eigenvalue weighted by Crippen LogP contribution is 2.31. The average Bonchev–Trinajstić information content (AvgIpc) is 2.94. The minimum absolute atomic E-state index is 0.271. The number of fused-ring (bicyclic) bond motifs is 1. The van der Waals surface area contributed by atoms with Crippen LogP contribution in [0.15, 0.2) is 44.4 Å². The first-order valence-corrected chi connectivity index (χ1v) is 6.06. The summed E-state index contributed by atoms with van der Waals surface area (Å²) < 4.78 is 5.67. The Balaban J connectivity index is 2.16. The molecule has 3 aromatic rings. The lowest BCUT2D eigenvalue weighted by molar-refractivity contribution is 0.218. The minimum atomic E-state index is -0.805. The maximum absolute atomic E-state index is 11.2. The molecule has 0 radical (unpaired) electrons. The van der Waals surface area contributed by atoms with Gasteiger partial charge in [-0.2, -0.15) is 0 Å². The number of hydrogen-bond acceptors (Lipinski definition) is 3. The third kappa shape index (κ3) is 1.79. The van der Waals surface area contributed by atoms with E-state index in [0.29, 0.717) is 22.2 Å². The summed E-state index contributed by atoms with van der Waals surface area (Å²) in [5, 5.41) is 10.2. The fourth-order valence-electron chi connectivity index (χ4n) is 1.89. The number of H-pyrrole nitrogens is 2. The van der Waals surface area contributed by atoms with Crippen LogP contribution in [0.4, 0.5) is 0 Å². The third-order valence-electron chi connectivity index (χ3n) is 2.79. The van der Waals surface area contributed by atoms with Gasteiger partial charge in [0.15, 0.2) is 0 Å². The number of aromatic nitrogens is 2. The van der Waals surface area contributed by atoms with Crippen molar-refractivity contribution >= 4 is 27.0 Å². The summed E-state index contributed by atoms with van der Waals surface area (Å²) in [6.07, 6.45) is 2.19. The van der Waals surface area contributed by atoms with E-state index in [4.69, 9.17) is 4.42 Å². The second-order valence-corrected chi connectivity index (χ2v) is 4.81. The van der Waals surface area contributed by atoms with Crippen molar-refractivity contribution in [3.05, 3.63) is 56.8 Å². The molecule has 1 unspecified atom stereocenters. The summed E-state index contributed by atoms with van der Waals surface area (Å²) in [7, 11) is 0. The average molecular weight is 309 g/mol. The Kier molecular flexibility index (Phi) is 2.61. The van der Waals surface area contributed by atoms with Gasteiger partial charge in [0.2, 0.25) is 0 Å². The van der Waals surface area contributed by atoms with Crippen molar-refractivity contribution < 1.29 is 9.52 Å². The van der Waals surface area contributed by atoms with E-state index in [1.54, 1.807) is 18.2 Å². The smallest absolute Gasteiger partial charge is 0.323 e. The van der Waals surface area contributed by atoms with Crippen LogP contribution in [0.3, 0.4) is 0 Å². The minimum Gasteiger partial charge on any atom is -0.472 e. The fraction of sp³-hybridized carbons (Fsp3) is 0.0833. The maximum atomic E-state index is 11.2. The fourth-order valence-corrected chi connectivity index (χ4v) is 2.45. The van der Waals surface area contributed by atoms with Crippen LogP contribution in [0.5, 0.6) is 0 Å². The molecule has 5 nitrogen and oxygen atoms in total. The third-order valence-corrected chi connectivity index (χ3v) is 3.47. The molecule has 1 atom stereocenters. The molecule has 3 N–H and O–H groups in total. The summed E-state index contributed by atoms with van der Waals surface area (Å²) in [6, 6.07) is 5.18. The van der Waals surface area contributed by atoms with E-state index in [0.717, 1.165) is 4.47 Å². The highest BCUT2D eigenvalue weighted by Gasteiger charge is 2.16. The molecule has 0 aliphatic carbocycles. The number of rotatable bonds is 2. The second-order valence-electron chi connectivity index (χ2n) is 3.96. The van der Waals surface area contributed by atoms with Gasteiger partial charge in [-0.25, -0.2) is 4.79 Å². The van der Waals surface area contributed by atoms with Gasteiger partial charge >= 0.3 is 5.69 Å². The summed E-state index contributed by atoms with van der Waals surface area (Å²) in [5.41, 5.74) is 2.40. The van der Waals surface area contributed by atoms with Crippen molar-refractivity contribution in [1.29, 1.82) is 0 Å². The lowest BCUT2D eigenvalue weighted by Gasteiger charge is -2.11. The molecule has 2 heterocycles. The number of aliphatic hydroxyl groups is 1. The predicted octanol–water partition coefficient (Wildman–Crippen LogP) is 2.29. The Morgan fingerprint density at radius 1 is 1.28 bits per heavy atom. The van der Waals surface area contributed by atoms with Gasteiger partial charge in [0, 0.05) is 15.6 Å². The number of furan rings is 1. The summed E-state index contributed by atoms with van der Waals surface area (Å²) in [4.78, 5) is 16.5. The second kappa shape index (κ2) is 4.15. The monoisotopic (exact) mass is 308 g/mol. The van der Waals surface area contributed by atoms with Crippen molar-refractivity contribution in [2.24, 2.45) is 0 Å². The largest absolute Gasteiger partial charge is 0.472 e. The molecule has 2 aromatic heterocycles. The van der Waals surface area contributed by atoms with E-state index in [-0.39, 0.29) is 5.69 Å². The zero-order chi connectivity index (χ0) is 12.7. The molecule has 0 amide bonds. The van der Waals surface area contributed by atoms with Gasteiger partial charge in [-0.3, -0.25) is 0 Å². The van der Waals surface area contributed by atoms with E-state index in [2.05, 4.69) is 25.9 Å². The normalized spacial score (nSPS) is 13.0. The quantitative estimate of drug-likeness (QED) is 0.679. The van der Waals surface area contributed by atoms with Crippen molar-refractivity contribution in [2.45, 2.75) is 6.10 Å². The first kappa shape index (κ1) is 11.3. The number of imidazole rings is 1. The molecule has 0 bridgehead atoms. The zero-order valence-corrected chi connectivity index (χ0v) is 10.7. The van der Waals surface area contributed by atoms with Gasteiger partial charge in [0.1, 0.15) is 6.10 Å². The number of benzene rings is 1.